The van der Waals surface area contributed by atoms with Crippen molar-refractivity contribution in [2.45, 2.75) is 32.5 Å². The molecule has 0 atom stereocenters. The molecule has 1 aliphatic heterocycles. The number of nitrogens with one attached hydrogen (secondary N) is 2. The van der Waals surface area contributed by atoms with Gasteiger partial charge < -0.3 is 20.1 Å². The maximum Gasteiger partial charge on any atom is 0.191 e. The molecule has 0 bridgehead atoms. The van der Waals surface area contributed by atoms with E-state index in [-0.39, 0.29) is 18.0 Å². The number of guanidine groups is 1. The third-order valence-electron chi connectivity index (χ3n) is 4.65. The summed E-state index contributed by atoms with van der Waals surface area (Å²) in [6.45, 7) is 9.48. The molecule has 1 saturated heterocycles. The van der Waals surface area contributed by atoms with E-state index in [2.05, 4.69) is 34.4 Å². The van der Waals surface area contributed by atoms with Crippen molar-refractivity contribution in [1.29, 1.82) is 0 Å². The Balaban J connectivity index is 1.86. The first-order valence-corrected chi connectivity index (χ1v) is 9.00. The van der Waals surface area contributed by atoms with Crippen LogP contribution in [0.3, 0.4) is 0 Å². The zero-order valence-corrected chi connectivity index (χ0v) is 16.3. The lowest BCUT2D eigenvalue weighted by Crippen LogP contribution is -2.56. The molecule has 1 aromatic rings. The number of aliphatic imine (C=N–C) groups is 1. The largest absolute Gasteiger partial charge is 0.380 e. The number of morpholine rings is 1. The molecule has 26 heavy (non-hydrogen) atoms. The van der Waals surface area contributed by atoms with Crippen LogP contribution in [-0.4, -0.2) is 63.4 Å². The predicted molar refractivity (Wildman–Crippen MR) is 102 cm³/mol. The Hall–Kier alpha value is -1.70. The highest BCUT2D eigenvalue weighted by Crippen LogP contribution is 2.15. The van der Waals surface area contributed by atoms with Gasteiger partial charge in [-0.3, -0.25) is 9.89 Å². The molecule has 0 spiro atoms. The van der Waals surface area contributed by atoms with Crippen LogP contribution >= 0.6 is 0 Å². The molecule has 0 unspecified atom stereocenters. The summed E-state index contributed by atoms with van der Waals surface area (Å²) in [5.41, 5.74) is 1.54. The van der Waals surface area contributed by atoms with Crippen LogP contribution in [0.1, 0.15) is 25.0 Å². The second kappa shape index (κ2) is 9.85. The molecule has 1 heterocycles. The van der Waals surface area contributed by atoms with Crippen LogP contribution in [0.4, 0.5) is 4.39 Å². The first kappa shape index (κ1) is 20.6. The minimum atomic E-state index is -0.245. The molecule has 0 amide bonds. The van der Waals surface area contributed by atoms with Crippen LogP contribution < -0.4 is 10.6 Å². The van der Waals surface area contributed by atoms with Crippen molar-refractivity contribution in [1.82, 2.24) is 15.5 Å². The van der Waals surface area contributed by atoms with Crippen molar-refractivity contribution in [2.75, 3.05) is 47.0 Å². The Bertz CT molecular complexity index is 601. The van der Waals surface area contributed by atoms with Gasteiger partial charge in [0.1, 0.15) is 5.82 Å². The normalized spacial score (nSPS) is 16.6. The van der Waals surface area contributed by atoms with Gasteiger partial charge in [0.05, 0.1) is 19.8 Å². The number of hydrogen-bond donors (Lipinski definition) is 2. The number of halogens is 1. The second-order valence-electron chi connectivity index (χ2n) is 7.05. The first-order valence-electron chi connectivity index (χ1n) is 9.00. The van der Waals surface area contributed by atoms with Gasteiger partial charge in [-0.2, -0.15) is 0 Å². The van der Waals surface area contributed by atoms with E-state index in [1.54, 1.807) is 20.2 Å². The van der Waals surface area contributed by atoms with Gasteiger partial charge in [0, 0.05) is 51.4 Å². The van der Waals surface area contributed by atoms with E-state index < -0.39 is 0 Å². The van der Waals surface area contributed by atoms with Gasteiger partial charge in [-0.15, -0.1) is 0 Å². The van der Waals surface area contributed by atoms with E-state index >= 15 is 0 Å². The Morgan fingerprint density at radius 2 is 2.04 bits per heavy atom. The lowest BCUT2D eigenvalue weighted by molar-refractivity contribution is -0.00834. The van der Waals surface area contributed by atoms with E-state index in [1.165, 1.54) is 6.07 Å². The van der Waals surface area contributed by atoms with Crippen LogP contribution in [-0.2, 0) is 22.6 Å². The summed E-state index contributed by atoms with van der Waals surface area (Å²) in [4.78, 5) is 6.70. The van der Waals surface area contributed by atoms with Gasteiger partial charge in [-0.25, -0.2) is 4.39 Å². The van der Waals surface area contributed by atoms with Gasteiger partial charge in [-0.1, -0.05) is 6.07 Å². The Morgan fingerprint density at radius 3 is 2.69 bits per heavy atom. The van der Waals surface area contributed by atoms with Crippen LogP contribution in [0.25, 0.3) is 0 Å². The van der Waals surface area contributed by atoms with Gasteiger partial charge >= 0.3 is 0 Å². The Morgan fingerprint density at radius 1 is 1.31 bits per heavy atom. The molecule has 2 N–H and O–H groups in total. The van der Waals surface area contributed by atoms with Crippen LogP contribution in [0.2, 0.25) is 0 Å². The van der Waals surface area contributed by atoms with E-state index in [1.807, 2.05) is 6.07 Å². The number of nitrogens with zero attached hydrogens (tertiary/aromatic N) is 2. The Kier molecular flexibility index (Phi) is 7.81. The minimum Gasteiger partial charge on any atom is -0.380 e. The summed E-state index contributed by atoms with van der Waals surface area (Å²) in [7, 11) is 3.31. The molecule has 0 radical (unpaired) electrons. The summed E-state index contributed by atoms with van der Waals surface area (Å²) in [5, 5.41) is 6.67. The lowest BCUT2D eigenvalue weighted by Gasteiger charge is -2.41. The van der Waals surface area contributed by atoms with Crippen molar-refractivity contribution in [3.05, 3.63) is 35.1 Å². The van der Waals surface area contributed by atoms with E-state index in [0.29, 0.717) is 12.1 Å². The molecule has 6 nitrogen and oxygen atoms in total. The van der Waals surface area contributed by atoms with Crippen molar-refractivity contribution in [3.8, 4) is 0 Å². The molecule has 1 aromatic carbocycles. The third kappa shape index (κ3) is 5.93. The molecule has 0 aliphatic carbocycles. The summed E-state index contributed by atoms with van der Waals surface area (Å²) in [6.07, 6.45) is 0. The Labute approximate surface area is 155 Å². The highest BCUT2D eigenvalue weighted by Gasteiger charge is 2.28. The summed E-state index contributed by atoms with van der Waals surface area (Å²) in [6, 6.07) is 5.06. The number of rotatable bonds is 7. The zero-order chi connectivity index (χ0) is 19.0. The average molecular weight is 366 g/mol. The standard InChI is InChI=1S/C19H31FN4O2/c1-19(2,24-7-9-26-10-8-24)14-23-18(21-3)22-12-15-5-6-17(20)16(11-15)13-25-4/h5-6,11H,7-10,12-14H2,1-4H3,(H2,21,22,23). The third-order valence-corrected chi connectivity index (χ3v) is 4.65. The molecule has 146 valence electrons. The highest BCUT2D eigenvalue weighted by molar-refractivity contribution is 5.79. The summed E-state index contributed by atoms with van der Waals surface area (Å²) < 4.78 is 24.2. The molecule has 2 rings (SSSR count). The van der Waals surface area contributed by atoms with Gasteiger partial charge in [0.15, 0.2) is 5.96 Å². The fourth-order valence-corrected chi connectivity index (χ4v) is 2.99. The summed E-state index contributed by atoms with van der Waals surface area (Å²) >= 11 is 0. The van der Waals surface area contributed by atoms with Crippen molar-refractivity contribution in [3.63, 3.8) is 0 Å². The van der Waals surface area contributed by atoms with Crippen molar-refractivity contribution < 1.29 is 13.9 Å². The molecule has 1 fully saturated rings. The van der Waals surface area contributed by atoms with Gasteiger partial charge in [0.2, 0.25) is 0 Å². The smallest absolute Gasteiger partial charge is 0.191 e. The van der Waals surface area contributed by atoms with Crippen molar-refractivity contribution >= 4 is 5.96 Å². The predicted octanol–water partition coefficient (Wildman–Crippen LogP) is 1.75. The van der Waals surface area contributed by atoms with Crippen LogP contribution in [0.5, 0.6) is 0 Å². The number of hydrogen-bond acceptors (Lipinski definition) is 4. The maximum atomic E-state index is 13.7. The molecule has 1 aliphatic rings. The molecular formula is C19H31FN4O2. The van der Waals surface area contributed by atoms with E-state index in [4.69, 9.17) is 9.47 Å². The fraction of sp³-hybridized carbons (Fsp3) is 0.632. The van der Waals surface area contributed by atoms with E-state index in [9.17, 15) is 4.39 Å². The summed E-state index contributed by atoms with van der Waals surface area (Å²) in [5.74, 6) is 0.481. The number of ether oxygens (including phenoxy) is 2. The number of methoxy groups -OCH3 is 1. The van der Waals surface area contributed by atoms with Gasteiger partial charge in [0.25, 0.3) is 0 Å². The first-order chi connectivity index (χ1) is 12.5. The minimum absolute atomic E-state index is 0.00289. The molecular weight excluding hydrogens is 335 g/mol. The topological polar surface area (TPSA) is 58.1 Å². The second-order valence-corrected chi connectivity index (χ2v) is 7.05. The average Bonchev–Trinajstić information content (AvgIpc) is 2.65. The highest BCUT2D eigenvalue weighted by atomic mass is 19.1. The quantitative estimate of drug-likeness (QED) is 0.569. The van der Waals surface area contributed by atoms with Crippen molar-refractivity contribution in [2.24, 2.45) is 4.99 Å². The zero-order valence-electron chi connectivity index (χ0n) is 16.3. The van der Waals surface area contributed by atoms with Crippen LogP contribution in [0.15, 0.2) is 23.2 Å². The lowest BCUT2D eigenvalue weighted by atomic mass is 10.0. The maximum absolute atomic E-state index is 13.7. The molecule has 0 saturated carbocycles. The van der Waals surface area contributed by atoms with E-state index in [0.717, 1.165) is 44.4 Å². The SMILES string of the molecule is CN=C(NCc1ccc(F)c(COC)c1)NCC(C)(C)N1CCOCC1. The van der Waals surface area contributed by atoms with Gasteiger partial charge in [-0.05, 0) is 31.5 Å². The number of benzene rings is 1. The molecule has 7 heteroatoms. The monoisotopic (exact) mass is 366 g/mol. The fourth-order valence-electron chi connectivity index (χ4n) is 2.99. The molecule has 0 aromatic heterocycles. The van der Waals surface area contributed by atoms with Crippen LogP contribution in [0, 0.1) is 5.82 Å².